The molecule has 0 atom stereocenters. The molecular weight excluding hydrogens is 240 g/mol. The summed E-state index contributed by atoms with van der Waals surface area (Å²) in [5.41, 5.74) is 1.24. The highest BCUT2D eigenvalue weighted by Crippen LogP contribution is 2.35. The third kappa shape index (κ3) is 4.61. The summed E-state index contributed by atoms with van der Waals surface area (Å²) in [7, 11) is 0. The molecule has 0 unspecified atom stereocenters. The zero-order valence-electron chi connectivity index (χ0n) is 10.6. The molecule has 17 heavy (non-hydrogen) atoms. The van der Waals surface area contributed by atoms with Crippen molar-refractivity contribution in [3.05, 3.63) is 12.1 Å². The average Bonchev–Trinajstić information content (AvgIpc) is 2.11. The van der Waals surface area contributed by atoms with Crippen LogP contribution in [0.25, 0.3) is 0 Å². The molecule has 98 valence electrons. The lowest BCUT2D eigenvalue weighted by Gasteiger charge is -2.16. The van der Waals surface area contributed by atoms with Gasteiger partial charge in [0.05, 0.1) is 11.4 Å². The molecule has 1 aromatic carbocycles. The van der Waals surface area contributed by atoms with Gasteiger partial charge in [-0.25, -0.2) is 0 Å². The molecule has 0 radical (unpaired) electrons. The van der Waals surface area contributed by atoms with E-state index in [0.717, 1.165) is 0 Å². The number of aromatic hydroxyl groups is 2. The van der Waals surface area contributed by atoms with Gasteiger partial charge >= 0.3 is 0 Å². The second kappa shape index (κ2) is 6.45. The van der Waals surface area contributed by atoms with Gasteiger partial charge in [0.25, 0.3) is 0 Å². The van der Waals surface area contributed by atoms with Crippen LogP contribution in [0.15, 0.2) is 12.1 Å². The van der Waals surface area contributed by atoms with Crippen LogP contribution < -0.4 is 10.6 Å². The maximum absolute atomic E-state index is 9.65. The van der Waals surface area contributed by atoms with E-state index in [9.17, 15) is 10.2 Å². The number of anilines is 2. The van der Waals surface area contributed by atoms with Crippen molar-refractivity contribution in [2.24, 2.45) is 0 Å². The van der Waals surface area contributed by atoms with E-state index in [4.69, 9.17) is 0 Å². The largest absolute Gasteiger partial charge is 0.506 e. The summed E-state index contributed by atoms with van der Waals surface area (Å²) < 4.78 is 0. The van der Waals surface area contributed by atoms with Crippen LogP contribution in [-0.2, 0) is 0 Å². The first-order chi connectivity index (χ1) is 7.40. The highest BCUT2D eigenvalue weighted by Gasteiger charge is 2.09. The van der Waals surface area contributed by atoms with Crippen LogP contribution >= 0.6 is 12.4 Å². The fourth-order valence-electron chi connectivity index (χ4n) is 1.43. The predicted octanol–water partition coefficient (Wildman–Crippen LogP) is 3.16. The summed E-state index contributed by atoms with van der Waals surface area (Å²) in [6.07, 6.45) is 0. The van der Waals surface area contributed by atoms with E-state index in [1.54, 1.807) is 6.07 Å². The van der Waals surface area contributed by atoms with Crippen molar-refractivity contribution in [2.75, 3.05) is 10.6 Å². The Morgan fingerprint density at radius 3 is 1.47 bits per heavy atom. The molecule has 0 saturated carbocycles. The highest BCUT2D eigenvalue weighted by molar-refractivity contribution is 5.85. The second-order valence-corrected chi connectivity index (χ2v) is 4.48. The number of phenols is 2. The van der Waals surface area contributed by atoms with Gasteiger partial charge in [-0.15, -0.1) is 12.4 Å². The van der Waals surface area contributed by atoms with E-state index >= 15 is 0 Å². The topological polar surface area (TPSA) is 64.5 Å². The van der Waals surface area contributed by atoms with Crippen molar-refractivity contribution in [2.45, 2.75) is 39.8 Å². The molecule has 0 fully saturated rings. The molecule has 0 bridgehead atoms. The smallest absolute Gasteiger partial charge is 0.142 e. The minimum atomic E-state index is 0. The van der Waals surface area contributed by atoms with Crippen LogP contribution in [-0.4, -0.2) is 22.3 Å². The van der Waals surface area contributed by atoms with Gasteiger partial charge in [-0.3, -0.25) is 0 Å². The third-order valence-electron chi connectivity index (χ3n) is 2.00. The van der Waals surface area contributed by atoms with Gasteiger partial charge in [-0.2, -0.15) is 0 Å². The fraction of sp³-hybridized carbons (Fsp3) is 0.500. The summed E-state index contributed by atoms with van der Waals surface area (Å²) in [6.45, 7) is 7.95. The average molecular weight is 261 g/mol. The van der Waals surface area contributed by atoms with Crippen LogP contribution in [0.5, 0.6) is 11.5 Å². The molecule has 0 heterocycles. The van der Waals surface area contributed by atoms with Crippen LogP contribution in [0, 0.1) is 0 Å². The Morgan fingerprint density at radius 1 is 0.824 bits per heavy atom. The molecule has 1 rings (SSSR count). The number of benzene rings is 1. The lowest BCUT2D eigenvalue weighted by molar-refractivity contribution is 0.452. The van der Waals surface area contributed by atoms with E-state index in [-0.39, 0.29) is 36.0 Å². The molecule has 0 aliphatic rings. The number of hydrogen-bond acceptors (Lipinski definition) is 4. The number of hydrogen-bond donors (Lipinski definition) is 4. The number of rotatable bonds is 4. The summed E-state index contributed by atoms with van der Waals surface area (Å²) in [4.78, 5) is 0. The molecule has 5 heteroatoms. The maximum Gasteiger partial charge on any atom is 0.142 e. The van der Waals surface area contributed by atoms with Gasteiger partial charge in [0, 0.05) is 18.2 Å². The summed E-state index contributed by atoms with van der Waals surface area (Å²) in [5, 5.41) is 25.5. The summed E-state index contributed by atoms with van der Waals surface area (Å²) >= 11 is 0. The molecule has 4 nitrogen and oxygen atoms in total. The Bertz CT molecular complexity index is 337. The van der Waals surface area contributed by atoms with Crippen molar-refractivity contribution >= 4 is 23.8 Å². The van der Waals surface area contributed by atoms with Crippen molar-refractivity contribution < 1.29 is 10.2 Å². The van der Waals surface area contributed by atoms with Gasteiger partial charge in [0.1, 0.15) is 11.5 Å². The molecule has 0 amide bonds. The molecule has 0 saturated heterocycles. The Kier molecular flexibility index (Phi) is 5.96. The standard InChI is InChI=1S/C12H20N2O2.ClH/c1-7(2)13-9-5-10(14-8(3)4)12(16)6-11(9)15;/h5-8,13-16H,1-4H3;1H. The lowest BCUT2D eigenvalue weighted by atomic mass is 10.2. The summed E-state index contributed by atoms with van der Waals surface area (Å²) in [6, 6.07) is 3.50. The van der Waals surface area contributed by atoms with E-state index in [1.807, 2.05) is 27.7 Å². The fourth-order valence-corrected chi connectivity index (χ4v) is 1.43. The molecule has 0 aliphatic heterocycles. The summed E-state index contributed by atoms with van der Waals surface area (Å²) in [5.74, 6) is 0.112. The first-order valence-electron chi connectivity index (χ1n) is 5.49. The minimum Gasteiger partial charge on any atom is -0.506 e. The Hall–Kier alpha value is -1.29. The van der Waals surface area contributed by atoms with Crippen LogP contribution in [0.1, 0.15) is 27.7 Å². The van der Waals surface area contributed by atoms with E-state index in [0.29, 0.717) is 11.4 Å². The Balaban J connectivity index is 0.00000256. The normalized spacial score (nSPS) is 10.2. The second-order valence-electron chi connectivity index (χ2n) is 4.48. The van der Waals surface area contributed by atoms with Gasteiger partial charge in [0.2, 0.25) is 0 Å². The zero-order chi connectivity index (χ0) is 12.3. The van der Waals surface area contributed by atoms with E-state index in [2.05, 4.69) is 10.6 Å². The first-order valence-corrected chi connectivity index (χ1v) is 5.49. The predicted molar refractivity (Wildman–Crippen MR) is 74.5 cm³/mol. The lowest BCUT2D eigenvalue weighted by Crippen LogP contribution is -2.12. The van der Waals surface area contributed by atoms with E-state index in [1.165, 1.54) is 6.07 Å². The van der Waals surface area contributed by atoms with Crippen LogP contribution in [0.2, 0.25) is 0 Å². The molecule has 0 aliphatic carbocycles. The quantitative estimate of drug-likeness (QED) is 0.496. The van der Waals surface area contributed by atoms with Crippen molar-refractivity contribution in [3.63, 3.8) is 0 Å². The van der Waals surface area contributed by atoms with Gasteiger partial charge < -0.3 is 20.8 Å². The van der Waals surface area contributed by atoms with Gasteiger partial charge in [-0.1, -0.05) is 0 Å². The van der Waals surface area contributed by atoms with Crippen molar-refractivity contribution in [3.8, 4) is 11.5 Å². The zero-order valence-corrected chi connectivity index (χ0v) is 11.4. The molecule has 0 aromatic heterocycles. The minimum absolute atomic E-state index is 0. The Labute approximate surface area is 108 Å². The molecule has 4 N–H and O–H groups in total. The highest BCUT2D eigenvalue weighted by atomic mass is 35.5. The molecule has 1 aromatic rings. The van der Waals surface area contributed by atoms with Crippen molar-refractivity contribution in [1.82, 2.24) is 0 Å². The number of halogens is 1. The molecule has 0 spiro atoms. The SMILES string of the molecule is CC(C)Nc1cc(NC(C)C)c(O)cc1O.Cl. The van der Waals surface area contributed by atoms with E-state index < -0.39 is 0 Å². The van der Waals surface area contributed by atoms with Gasteiger partial charge in [0.15, 0.2) is 0 Å². The first kappa shape index (κ1) is 15.7. The van der Waals surface area contributed by atoms with Gasteiger partial charge in [-0.05, 0) is 33.8 Å². The van der Waals surface area contributed by atoms with Crippen molar-refractivity contribution in [1.29, 1.82) is 0 Å². The van der Waals surface area contributed by atoms with Crippen LogP contribution in [0.4, 0.5) is 11.4 Å². The third-order valence-corrected chi connectivity index (χ3v) is 2.00. The number of nitrogens with one attached hydrogen (secondary N) is 2. The van der Waals surface area contributed by atoms with Crippen LogP contribution in [0.3, 0.4) is 0 Å². The monoisotopic (exact) mass is 260 g/mol. The molecular formula is C12H21ClN2O2. The maximum atomic E-state index is 9.65. The number of phenolic OH excluding ortho intramolecular Hbond substituents is 2. The Morgan fingerprint density at radius 2 is 1.18 bits per heavy atom.